The number of aryl methyl sites for hydroxylation is 3. The number of nitrogens with zero attached hydrogens (tertiary/aromatic N) is 1. The van der Waals surface area contributed by atoms with Crippen LogP contribution in [0.4, 0.5) is 11.4 Å². The Morgan fingerprint density at radius 1 is 1.06 bits per heavy atom. The summed E-state index contributed by atoms with van der Waals surface area (Å²) in [5.74, 6) is -0.477. The molecule has 7 heteroatoms. The van der Waals surface area contributed by atoms with Crippen LogP contribution in [0.5, 0.6) is 5.75 Å². The second-order valence-corrected chi connectivity index (χ2v) is 9.14. The molecule has 0 spiro atoms. The van der Waals surface area contributed by atoms with E-state index in [0.29, 0.717) is 17.0 Å². The fourth-order valence-corrected chi connectivity index (χ4v) is 3.91. The highest BCUT2D eigenvalue weighted by molar-refractivity contribution is 6.09. The van der Waals surface area contributed by atoms with Gasteiger partial charge in [-0.3, -0.25) is 19.3 Å². The van der Waals surface area contributed by atoms with Crippen molar-refractivity contribution in [3.63, 3.8) is 0 Å². The summed E-state index contributed by atoms with van der Waals surface area (Å²) in [4.78, 5) is 40.0. The highest BCUT2D eigenvalue weighted by atomic mass is 16.5. The Kier molecular flexibility index (Phi) is 6.30. The van der Waals surface area contributed by atoms with Crippen molar-refractivity contribution in [3.8, 4) is 5.75 Å². The van der Waals surface area contributed by atoms with Gasteiger partial charge in [0.1, 0.15) is 12.3 Å². The van der Waals surface area contributed by atoms with E-state index in [1.54, 1.807) is 32.0 Å². The maximum Gasteiger partial charge on any atom is 0.271 e. The fraction of sp³-hybridized carbons (Fsp3) is 0.400. The van der Waals surface area contributed by atoms with Gasteiger partial charge in [-0.05, 0) is 77.8 Å². The monoisotopic (exact) mass is 437 g/mol. The Labute approximate surface area is 189 Å². The summed E-state index contributed by atoms with van der Waals surface area (Å²) in [7, 11) is 0. The summed E-state index contributed by atoms with van der Waals surface area (Å²) < 4.78 is 5.87. The van der Waals surface area contributed by atoms with Crippen molar-refractivity contribution in [3.05, 3.63) is 52.6 Å². The van der Waals surface area contributed by atoms with Crippen LogP contribution in [0.25, 0.3) is 0 Å². The Bertz CT molecular complexity index is 1070. The van der Waals surface area contributed by atoms with Crippen molar-refractivity contribution >= 4 is 29.1 Å². The minimum atomic E-state index is -1.13. The number of benzene rings is 2. The number of carbonyl (C=O) groups excluding carboxylic acids is 3. The van der Waals surface area contributed by atoms with Crippen LogP contribution in [0.3, 0.4) is 0 Å². The van der Waals surface area contributed by atoms with Gasteiger partial charge in [0.2, 0.25) is 5.91 Å². The number of rotatable bonds is 5. The number of amides is 3. The minimum Gasteiger partial charge on any atom is -0.476 e. The van der Waals surface area contributed by atoms with Gasteiger partial charge < -0.3 is 15.4 Å². The molecule has 1 aliphatic rings. The maximum atomic E-state index is 13.2. The van der Waals surface area contributed by atoms with E-state index in [1.165, 1.54) is 4.90 Å². The van der Waals surface area contributed by atoms with Crippen molar-refractivity contribution in [2.24, 2.45) is 0 Å². The highest BCUT2D eigenvalue weighted by Crippen LogP contribution is 2.38. The average molecular weight is 438 g/mol. The summed E-state index contributed by atoms with van der Waals surface area (Å²) in [6.07, 6.45) is 0. The molecule has 0 unspecified atom stereocenters. The number of anilines is 2. The molecule has 0 radical (unpaired) electrons. The molecule has 1 aliphatic heterocycles. The molecular weight excluding hydrogens is 406 g/mol. The van der Waals surface area contributed by atoms with E-state index in [0.717, 1.165) is 22.4 Å². The predicted molar refractivity (Wildman–Crippen MR) is 125 cm³/mol. The van der Waals surface area contributed by atoms with Gasteiger partial charge in [-0.2, -0.15) is 0 Å². The molecule has 3 rings (SSSR count). The van der Waals surface area contributed by atoms with Crippen LogP contribution in [0.1, 0.15) is 54.7 Å². The maximum absolute atomic E-state index is 13.2. The molecule has 0 saturated carbocycles. The first-order valence-corrected chi connectivity index (χ1v) is 10.7. The first-order chi connectivity index (χ1) is 14.9. The molecule has 32 heavy (non-hydrogen) atoms. The zero-order valence-electron chi connectivity index (χ0n) is 19.8. The fourth-order valence-electron chi connectivity index (χ4n) is 3.91. The number of nitrogens with one attached hydrogen (secondary N) is 2. The molecule has 7 nitrogen and oxygen atoms in total. The zero-order valence-corrected chi connectivity index (χ0v) is 19.8. The molecule has 0 saturated heterocycles. The first kappa shape index (κ1) is 23.3. The summed E-state index contributed by atoms with van der Waals surface area (Å²) in [6.45, 7) is 12.8. The SMILES string of the molecule is Cc1cc(C)c(NC(=O)CN2C(=O)C(C)(C)Oc3ccc(C(=O)NC(C)C)cc32)c(C)c1. The largest absolute Gasteiger partial charge is 0.476 e. The summed E-state index contributed by atoms with van der Waals surface area (Å²) in [6, 6.07) is 8.88. The molecule has 0 fully saturated rings. The molecule has 2 aromatic carbocycles. The summed E-state index contributed by atoms with van der Waals surface area (Å²) in [5, 5.41) is 5.78. The molecule has 2 aromatic rings. The predicted octanol–water partition coefficient (Wildman–Crippen LogP) is 3.89. The van der Waals surface area contributed by atoms with Crippen molar-refractivity contribution < 1.29 is 19.1 Å². The van der Waals surface area contributed by atoms with Crippen LogP contribution in [-0.2, 0) is 9.59 Å². The van der Waals surface area contributed by atoms with Gasteiger partial charge >= 0.3 is 0 Å². The van der Waals surface area contributed by atoms with Gasteiger partial charge in [-0.15, -0.1) is 0 Å². The Hall–Kier alpha value is -3.35. The molecular formula is C25H31N3O4. The lowest BCUT2D eigenvalue weighted by Gasteiger charge is -2.38. The van der Waals surface area contributed by atoms with Crippen molar-refractivity contribution in [1.82, 2.24) is 5.32 Å². The molecule has 3 amide bonds. The lowest BCUT2D eigenvalue weighted by Crippen LogP contribution is -2.54. The average Bonchev–Trinajstić information content (AvgIpc) is 2.67. The van der Waals surface area contributed by atoms with Crippen LogP contribution in [0.15, 0.2) is 30.3 Å². The number of carbonyl (C=O) groups is 3. The topological polar surface area (TPSA) is 87.7 Å². The molecule has 1 heterocycles. The quantitative estimate of drug-likeness (QED) is 0.743. The van der Waals surface area contributed by atoms with E-state index in [2.05, 4.69) is 10.6 Å². The molecule has 0 bridgehead atoms. The number of fused-ring (bicyclic) bond motifs is 1. The Morgan fingerprint density at radius 2 is 1.69 bits per heavy atom. The zero-order chi connectivity index (χ0) is 23.8. The lowest BCUT2D eigenvalue weighted by molar-refractivity contribution is -0.133. The van der Waals surface area contributed by atoms with Crippen LogP contribution in [0, 0.1) is 20.8 Å². The van der Waals surface area contributed by atoms with Crippen LogP contribution in [-0.4, -0.2) is 35.9 Å². The van der Waals surface area contributed by atoms with Gasteiger partial charge in [0.05, 0.1) is 5.69 Å². The van der Waals surface area contributed by atoms with E-state index in [4.69, 9.17) is 4.74 Å². The number of hydrogen-bond donors (Lipinski definition) is 2. The molecule has 170 valence electrons. The van der Waals surface area contributed by atoms with Gasteiger partial charge in [0.15, 0.2) is 5.60 Å². The third-order valence-electron chi connectivity index (χ3n) is 5.30. The number of ether oxygens (including phenoxy) is 1. The molecule has 0 aromatic heterocycles. The summed E-state index contributed by atoms with van der Waals surface area (Å²) >= 11 is 0. The Morgan fingerprint density at radius 3 is 2.28 bits per heavy atom. The summed E-state index contributed by atoms with van der Waals surface area (Å²) in [5.41, 5.74) is 3.43. The standard InChI is InChI=1S/C25H31N3O4/c1-14(2)26-23(30)18-8-9-20-19(12-18)28(24(31)25(6,7)32-20)13-21(29)27-22-16(4)10-15(3)11-17(22)5/h8-12,14H,13H2,1-7H3,(H,26,30)(H,27,29). The van der Waals surface area contributed by atoms with Gasteiger partial charge in [-0.1, -0.05) is 17.7 Å². The molecule has 0 aliphatic carbocycles. The minimum absolute atomic E-state index is 0.0294. The highest BCUT2D eigenvalue weighted by Gasteiger charge is 2.42. The van der Waals surface area contributed by atoms with Gasteiger partial charge in [0, 0.05) is 17.3 Å². The van der Waals surface area contributed by atoms with Crippen LogP contribution < -0.4 is 20.3 Å². The van der Waals surface area contributed by atoms with Crippen molar-refractivity contribution in [1.29, 1.82) is 0 Å². The van der Waals surface area contributed by atoms with Crippen molar-refractivity contribution in [2.75, 3.05) is 16.8 Å². The third-order valence-corrected chi connectivity index (χ3v) is 5.30. The second-order valence-electron chi connectivity index (χ2n) is 9.14. The van der Waals surface area contributed by atoms with E-state index in [1.807, 2.05) is 46.8 Å². The lowest BCUT2D eigenvalue weighted by atomic mass is 10.0. The number of hydrogen-bond acceptors (Lipinski definition) is 4. The third kappa shape index (κ3) is 4.77. The van der Waals surface area contributed by atoms with Crippen molar-refractivity contribution in [2.45, 2.75) is 60.1 Å². The van der Waals surface area contributed by atoms with E-state index < -0.39 is 5.60 Å². The van der Waals surface area contributed by atoms with Crippen LogP contribution >= 0.6 is 0 Å². The van der Waals surface area contributed by atoms with E-state index in [9.17, 15) is 14.4 Å². The van der Waals surface area contributed by atoms with Gasteiger partial charge in [0.25, 0.3) is 11.8 Å². The normalized spacial score (nSPS) is 14.6. The molecule has 2 N–H and O–H groups in total. The smallest absolute Gasteiger partial charge is 0.271 e. The van der Waals surface area contributed by atoms with E-state index in [-0.39, 0.29) is 30.3 Å². The first-order valence-electron chi connectivity index (χ1n) is 10.7. The molecule has 0 atom stereocenters. The van der Waals surface area contributed by atoms with Crippen LogP contribution in [0.2, 0.25) is 0 Å². The Balaban J connectivity index is 1.92. The van der Waals surface area contributed by atoms with E-state index >= 15 is 0 Å². The van der Waals surface area contributed by atoms with Gasteiger partial charge in [-0.25, -0.2) is 0 Å². The second kappa shape index (κ2) is 8.65.